The van der Waals surface area contributed by atoms with E-state index in [1.807, 2.05) is 54.6 Å². The minimum atomic E-state index is -0.487. The lowest BCUT2D eigenvalue weighted by atomic mass is 9.99. The summed E-state index contributed by atoms with van der Waals surface area (Å²) >= 11 is 0. The van der Waals surface area contributed by atoms with Gasteiger partial charge in [-0.1, -0.05) is 115 Å². The van der Waals surface area contributed by atoms with Crippen LogP contribution in [0.4, 0.5) is 0 Å². The highest BCUT2D eigenvalue weighted by Crippen LogP contribution is 2.37. The summed E-state index contributed by atoms with van der Waals surface area (Å²) in [5, 5.41) is 1.95. The van der Waals surface area contributed by atoms with Gasteiger partial charge in [0.25, 0.3) is 0 Å². The molecule has 44 heavy (non-hydrogen) atoms. The summed E-state index contributed by atoms with van der Waals surface area (Å²) in [6.07, 6.45) is 0. The van der Waals surface area contributed by atoms with Crippen LogP contribution in [0.1, 0.15) is 16.4 Å². The molecule has 0 spiro atoms. The van der Waals surface area contributed by atoms with E-state index in [1.54, 1.807) is 47.0 Å². The highest BCUT2D eigenvalue weighted by Gasteiger charge is 2.16. The summed E-state index contributed by atoms with van der Waals surface area (Å²) in [5.74, 6) is 0. The van der Waals surface area contributed by atoms with Crippen molar-refractivity contribution in [2.45, 2.75) is 0 Å². The second kappa shape index (κ2) is 9.86. The Balaban J connectivity index is 1.34. The SMILES string of the molecule is [2H]c1c([2H])c([2H])c(-c2cccc(-c3cccc(-n4c5c([2H])c([2H])c([2H])c([2H])c5c5c([2H])c(-n6c7ccccc7c7ccccc76)c([2H])c([2H])c54)c3)c2)c([2H])c1[2H]. The van der Waals surface area contributed by atoms with Crippen LogP contribution in [0.5, 0.6) is 0 Å². The molecule has 0 atom stereocenters. The molecular formula is C42H28N2. The van der Waals surface area contributed by atoms with Gasteiger partial charge in [0.1, 0.15) is 0 Å². The number of para-hydroxylation sites is 3. The van der Waals surface area contributed by atoms with Gasteiger partial charge in [0.05, 0.1) is 38.5 Å². The van der Waals surface area contributed by atoms with Crippen LogP contribution < -0.4 is 0 Å². The number of nitrogens with zero attached hydrogens (tertiary/aromatic N) is 2. The summed E-state index contributed by atoms with van der Waals surface area (Å²) < 4.78 is 109. The van der Waals surface area contributed by atoms with Crippen molar-refractivity contribution in [3.05, 3.63) is 170 Å². The van der Waals surface area contributed by atoms with Gasteiger partial charge < -0.3 is 9.13 Å². The summed E-state index contributed by atoms with van der Waals surface area (Å²) in [6, 6.07) is 24.7. The predicted octanol–water partition coefficient (Wildman–Crippen LogP) is 11.2. The Morgan fingerprint density at radius 2 is 0.955 bits per heavy atom. The summed E-state index contributed by atoms with van der Waals surface area (Å²) in [5.41, 5.74) is 3.79. The molecule has 9 rings (SSSR count). The van der Waals surface area contributed by atoms with Crippen LogP contribution in [-0.4, -0.2) is 9.13 Å². The Kier molecular flexibility index (Phi) is 3.49. The standard InChI is InChI=1S/C42H28N2/c1-2-12-29(13-3-1)30-14-10-15-31(26-30)32-16-11-17-33(27-32)43-41-23-9-6-20-37(41)38-28-34(24-25-42(38)43)44-39-21-7-4-18-35(39)36-19-5-8-22-40(36)44/h1-28H/i1D,2D,3D,6D,9D,12D,13D,20D,23D,24D,25D,28D. The molecule has 0 amide bonds. The topological polar surface area (TPSA) is 9.86 Å². The molecule has 0 bridgehead atoms. The number of hydrogen-bond acceptors (Lipinski definition) is 0. The van der Waals surface area contributed by atoms with Crippen LogP contribution in [0.25, 0.3) is 77.2 Å². The number of aromatic nitrogens is 2. The van der Waals surface area contributed by atoms with Crippen molar-refractivity contribution in [3.63, 3.8) is 0 Å². The fourth-order valence-corrected chi connectivity index (χ4v) is 6.11. The third kappa shape index (κ3) is 3.82. The Bertz CT molecular complexity index is 3100. The Morgan fingerprint density at radius 3 is 1.73 bits per heavy atom. The quantitative estimate of drug-likeness (QED) is 0.198. The monoisotopic (exact) mass is 572 g/mol. The molecule has 0 radical (unpaired) electrons. The van der Waals surface area contributed by atoms with E-state index in [0.29, 0.717) is 22.4 Å². The van der Waals surface area contributed by atoms with E-state index in [9.17, 15) is 4.11 Å². The second-order valence-corrected chi connectivity index (χ2v) is 10.5. The van der Waals surface area contributed by atoms with E-state index in [2.05, 4.69) is 0 Å². The first-order valence-electron chi connectivity index (χ1n) is 20.1. The van der Waals surface area contributed by atoms with Crippen LogP contribution in [0, 0.1) is 0 Å². The van der Waals surface area contributed by atoms with Crippen LogP contribution in [0.15, 0.2) is 170 Å². The van der Waals surface area contributed by atoms with Crippen molar-refractivity contribution in [2.75, 3.05) is 0 Å². The number of fused-ring (bicyclic) bond motifs is 6. The van der Waals surface area contributed by atoms with Gasteiger partial charge in [0.15, 0.2) is 0 Å². The minimum Gasteiger partial charge on any atom is -0.309 e. The van der Waals surface area contributed by atoms with Crippen LogP contribution in [-0.2, 0) is 0 Å². The highest BCUT2D eigenvalue weighted by molar-refractivity contribution is 6.12. The van der Waals surface area contributed by atoms with E-state index in [-0.39, 0.29) is 75.4 Å². The molecule has 0 saturated heterocycles. The van der Waals surface area contributed by atoms with E-state index in [0.717, 1.165) is 21.8 Å². The number of rotatable bonds is 4. The Hall–Kier alpha value is -5.86. The first-order chi connectivity index (χ1) is 26.8. The van der Waals surface area contributed by atoms with Crippen LogP contribution >= 0.6 is 0 Å². The third-order valence-corrected chi connectivity index (χ3v) is 8.04. The molecule has 0 unspecified atom stereocenters. The maximum atomic E-state index is 9.75. The molecule has 0 aliphatic carbocycles. The average molecular weight is 573 g/mol. The maximum Gasteiger partial charge on any atom is 0.0652 e. The molecule has 0 N–H and O–H groups in total. The zero-order valence-electron chi connectivity index (χ0n) is 35.1. The molecule has 0 saturated carbocycles. The van der Waals surface area contributed by atoms with Crippen LogP contribution in [0.3, 0.4) is 0 Å². The van der Waals surface area contributed by atoms with Gasteiger partial charge in [0.2, 0.25) is 0 Å². The molecule has 206 valence electrons. The van der Waals surface area contributed by atoms with Crippen molar-refractivity contribution in [3.8, 4) is 33.6 Å². The van der Waals surface area contributed by atoms with Crippen molar-refractivity contribution < 1.29 is 16.4 Å². The lowest BCUT2D eigenvalue weighted by molar-refractivity contribution is 1.17. The van der Waals surface area contributed by atoms with E-state index < -0.39 is 30.2 Å². The van der Waals surface area contributed by atoms with Crippen molar-refractivity contribution in [1.82, 2.24) is 9.13 Å². The zero-order valence-corrected chi connectivity index (χ0v) is 23.1. The third-order valence-electron chi connectivity index (χ3n) is 8.04. The molecule has 2 heterocycles. The largest absolute Gasteiger partial charge is 0.309 e. The normalized spacial score (nSPS) is 15.5. The van der Waals surface area contributed by atoms with Crippen molar-refractivity contribution in [2.24, 2.45) is 0 Å². The first-order valence-corrected chi connectivity index (χ1v) is 14.1. The number of benzene rings is 7. The summed E-state index contributed by atoms with van der Waals surface area (Å²) in [4.78, 5) is 0. The fraction of sp³-hybridized carbons (Fsp3) is 0. The molecule has 0 aliphatic rings. The van der Waals surface area contributed by atoms with Gasteiger partial charge in [-0.25, -0.2) is 0 Å². The molecular weight excluding hydrogens is 532 g/mol. The molecule has 9 aromatic rings. The van der Waals surface area contributed by atoms with Gasteiger partial charge in [-0.15, -0.1) is 0 Å². The highest BCUT2D eigenvalue weighted by atomic mass is 15.0. The summed E-state index contributed by atoms with van der Waals surface area (Å²) in [6.45, 7) is 0. The predicted molar refractivity (Wildman–Crippen MR) is 186 cm³/mol. The summed E-state index contributed by atoms with van der Waals surface area (Å²) in [7, 11) is 0. The molecule has 2 aromatic heterocycles. The average Bonchev–Trinajstić information content (AvgIpc) is 3.75. The van der Waals surface area contributed by atoms with E-state index in [1.165, 1.54) is 4.57 Å². The lowest BCUT2D eigenvalue weighted by Gasteiger charge is -2.12. The van der Waals surface area contributed by atoms with Crippen molar-refractivity contribution >= 4 is 43.6 Å². The first kappa shape index (κ1) is 15.6. The van der Waals surface area contributed by atoms with E-state index >= 15 is 0 Å². The van der Waals surface area contributed by atoms with Crippen molar-refractivity contribution in [1.29, 1.82) is 0 Å². The second-order valence-electron chi connectivity index (χ2n) is 10.5. The zero-order chi connectivity index (χ0) is 39.5. The van der Waals surface area contributed by atoms with Gasteiger partial charge in [-0.3, -0.25) is 0 Å². The lowest BCUT2D eigenvalue weighted by Crippen LogP contribution is -1.96. The van der Waals surface area contributed by atoms with Gasteiger partial charge in [0, 0.05) is 32.9 Å². The van der Waals surface area contributed by atoms with Crippen LogP contribution in [0.2, 0.25) is 0 Å². The number of hydrogen-bond donors (Lipinski definition) is 0. The molecule has 2 heteroatoms. The van der Waals surface area contributed by atoms with Gasteiger partial charge in [-0.2, -0.15) is 0 Å². The maximum absolute atomic E-state index is 9.75. The molecule has 0 aliphatic heterocycles. The van der Waals surface area contributed by atoms with Gasteiger partial charge in [-0.05, 0) is 76.8 Å². The molecule has 2 nitrogen and oxygen atoms in total. The van der Waals surface area contributed by atoms with Gasteiger partial charge >= 0.3 is 0 Å². The Morgan fingerprint density at radius 1 is 0.364 bits per heavy atom. The minimum absolute atomic E-state index is 0.0521. The molecule has 7 aromatic carbocycles. The smallest absolute Gasteiger partial charge is 0.0652 e. The van der Waals surface area contributed by atoms with E-state index in [4.69, 9.17) is 12.3 Å². The Labute approximate surface area is 272 Å². The molecule has 0 fully saturated rings. The fourth-order valence-electron chi connectivity index (χ4n) is 6.11.